The Morgan fingerprint density at radius 1 is 1.28 bits per heavy atom. The van der Waals surface area contributed by atoms with Crippen molar-refractivity contribution in [2.75, 3.05) is 37.4 Å². The van der Waals surface area contributed by atoms with Crippen LogP contribution in [-0.2, 0) is 4.74 Å². The molecule has 0 spiro atoms. The van der Waals surface area contributed by atoms with E-state index in [0.29, 0.717) is 25.7 Å². The number of rotatable bonds is 7. The summed E-state index contributed by atoms with van der Waals surface area (Å²) in [5.74, 6) is -0.926. The van der Waals surface area contributed by atoms with Gasteiger partial charge in [0, 0.05) is 26.3 Å². The van der Waals surface area contributed by atoms with E-state index < -0.39 is 11.6 Å². The van der Waals surface area contributed by atoms with Crippen LogP contribution in [0.15, 0.2) is 6.07 Å². The molecule has 2 N–H and O–H groups in total. The van der Waals surface area contributed by atoms with Crippen molar-refractivity contribution in [3.8, 4) is 0 Å². The van der Waals surface area contributed by atoms with Gasteiger partial charge in [-0.3, -0.25) is 0 Å². The van der Waals surface area contributed by atoms with Crippen LogP contribution in [0.3, 0.4) is 0 Å². The summed E-state index contributed by atoms with van der Waals surface area (Å²) < 4.78 is 31.9. The highest BCUT2D eigenvalue weighted by atomic mass is 19.1. The van der Waals surface area contributed by atoms with E-state index in [1.54, 1.807) is 0 Å². The summed E-state index contributed by atoms with van der Waals surface area (Å²) in [5, 5.41) is 5.33. The van der Waals surface area contributed by atoms with Crippen molar-refractivity contribution < 1.29 is 13.5 Å². The highest BCUT2D eigenvalue weighted by Gasteiger charge is 2.10. The van der Waals surface area contributed by atoms with Gasteiger partial charge < -0.3 is 15.4 Å². The summed E-state index contributed by atoms with van der Waals surface area (Å²) >= 11 is 0. The van der Waals surface area contributed by atoms with Crippen LogP contribution < -0.4 is 10.6 Å². The van der Waals surface area contributed by atoms with Crippen LogP contribution in [0.4, 0.5) is 20.4 Å². The van der Waals surface area contributed by atoms with Crippen LogP contribution >= 0.6 is 0 Å². The fraction of sp³-hybridized carbons (Fsp3) is 0.583. The van der Waals surface area contributed by atoms with Gasteiger partial charge in [0.15, 0.2) is 23.3 Å². The molecule has 0 amide bonds. The van der Waals surface area contributed by atoms with Gasteiger partial charge in [0.05, 0.1) is 6.61 Å². The SMILES string of the molecule is CNc1nc(NCCOCC(C)C)c(F)cc1F. The summed E-state index contributed by atoms with van der Waals surface area (Å²) in [4.78, 5) is 3.80. The second-order valence-electron chi connectivity index (χ2n) is 4.29. The molecule has 0 bridgehead atoms. The Hall–Kier alpha value is -1.43. The molecule has 0 aliphatic heterocycles. The molecule has 1 aromatic rings. The molecule has 0 fully saturated rings. The lowest BCUT2D eigenvalue weighted by Gasteiger charge is -2.10. The Balaban J connectivity index is 2.47. The highest BCUT2D eigenvalue weighted by molar-refractivity contribution is 5.47. The van der Waals surface area contributed by atoms with Crippen molar-refractivity contribution in [2.24, 2.45) is 5.92 Å². The van der Waals surface area contributed by atoms with Crippen LogP contribution in [0.1, 0.15) is 13.8 Å². The topological polar surface area (TPSA) is 46.2 Å². The molecule has 1 rings (SSSR count). The molecule has 6 heteroatoms. The third-order valence-corrected chi connectivity index (χ3v) is 2.16. The summed E-state index contributed by atoms with van der Waals surface area (Å²) in [5.41, 5.74) is 0. The number of ether oxygens (including phenoxy) is 1. The minimum Gasteiger partial charge on any atom is -0.379 e. The van der Waals surface area contributed by atoms with E-state index in [0.717, 1.165) is 6.07 Å². The summed E-state index contributed by atoms with van der Waals surface area (Å²) in [6.45, 7) is 5.63. The Kier molecular flexibility index (Phi) is 5.77. The van der Waals surface area contributed by atoms with E-state index in [9.17, 15) is 8.78 Å². The normalized spacial score (nSPS) is 10.8. The zero-order valence-corrected chi connectivity index (χ0v) is 10.9. The first-order valence-electron chi connectivity index (χ1n) is 5.90. The van der Waals surface area contributed by atoms with Crippen LogP contribution in [0, 0.1) is 17.6 Å². The summed E-state index contributed by atoms with van der Waals surface area (Å²) in [6.07, 6.45) is 0. The van der Waals surface area contributed by atoms with Crippen molar-refractivity contribution >= 4 is 11.6 Å². The Labute approximate surface area is 106 Å². The van der Waals surface area contributed by atoms with Crippen molar-refractivity contribution in [2.45, 2.75) is 13.8 Å². The van der Waals surface area contributed by atoms with Crippen LogP contribution in [-0.4, -0.2) is 31.8 Å². The first kappa shape index (κ1) is 14.6. The Bertz CT molecular complexity index is 386. The van der Waals surface area contributed by atoms with Crippen molar-refractivity contribution in [3.63, 3.8) is 0 Å². The zero-order valence-electron chi connectivity index (χ0n) is 10.9. The molecule has 0 saturated carbocycles. The molecule has 1 aromatic heterocycles. The van der Waals surface area contributed by atoms with E-state index in [2.05, 4.69) is 15.6 Å². The summed E-state index contributed by atoms with van der Waals surface area (Å²) in [6, 6.07) is 0.802. The molecular weight excluding hydrogens is 240 g/mol. The Morgan fingerprint density at radius 3 is 2.56 bits per heavy atom. The third kappa shape index (κ3) is 4.44. The zero-order chi connectivity index (χ0) is 13.5. The fourth-order valence-electron chi connectivity index (χ4n) is 1.33. The van der Waals surface area contributed by atoms with E-state index in [1.165, 1.54) is 7.05 Å². The average molecular weight is 259 g/mol. The molecule has 0 aliphatic rings. The van der Waals surface area contributed by atoms with Crippen LogP contribution in [0.5, 0.6) is 0 Å². The number of nitrogens with zero attached hydrogens (tertiary/aromatic N) is 1. The average Bonchev–Trinajstić information content (AvgIpc) is 2.30. The molecule has 0 aromatic carbocycles. The van der Waals surface area contributed by atoms with Gasteiger partial charge in [0.25, 0.3) is 0 Å². The van der Waals surface area contributed by atoms with Gasteiger partial charge in [-0.15, -0.1) is 0 Å². The van der Waals surface area contributed by atoms with Gasteiger partial charge in [0.2, 0.25) is 0 Å². The van der Waals surface area contributed by atoms with Gasteiger partial charge in [-0.1, -0.05) is 13.8 Å². The number of halogens is 2. The van der Waals surface area contributed by atoms with Gasteiger partial charge in [-0.2, -0.15) is 0 Å². The molecule has 18 heavy (non-hydrogen) atoms. The molecule has 0 atom stereocenters. The molecule has 102 valence electrons. The van der Waals surface area contributed by atoms with E-state index >= 15 is 0 Å². The van der Waals surface area contributed by atoms with Crippen molar-refractivity contribution in [3.05, 3.63) is 17.7 Å². The number of hydrogen-bond acceptors (Lipinski definition) is 4. The molecule has 0 unspecified atom stereocenters. The van der Waals surface area contributed by atoms with Gasteiger partial charge in [-0.25, -0.2) is 13.8 Å². The van der Waals surface area contributed by atoms with E-state index in [4.69, 9.17) is 4.74 Å². The van der Waals surface area contributed by atoms with Gasteiger partial charge >= 0.3 is 0 Å². The van der Waals surface area contributed by atoms with Crippen molar-refractivity contribution in [1.82, 2.24) is 4.98 Å². The predicted octanol–water partition coefficient (Wildman–Crippen LogP) is 2.49. The maximum Gasteiger partial charge on any atom is 0.168 e. The second-order valence-corrected chi connectivity index (χ2v) is 4.29. The monoisotopic (exact) mass is 259 g/mol. The molecule has 0 radical (unpaired) electrons. The lowest BCUT2D eigenvalue weighted by Crippen LogP contribution is -2.14. The van der Waals surface area contributed by atoms with Gasteiger partial charge in [-0.05, 0) is 5.92 Å². The molecule has 1 heterocycles. The fourth-order valence-corrected chi connectivity index (χ4v) is 1.33. The van der Waals surface area contributed by atoms with Crippen molar-refractivity contribution in [1.29, 1.82) is 0 Å². The third-order valence-electron chi connectivity index (χ3n) is 2.16. The van der Waals surface area contributed by atoms with Crippen LogP contribution in [0.25, 0.3) is 0 Å². The molecule has 0 saturated heterocycles. The lowest BCUT2D eigenvalue weighted by molar-refractivity contribution is 0.118. The molecule has 4 nitrogen and oxygen atoms in total. The van der Waals surface area contributed by atoms with Gasteiger partial charge in [0.1, 0.15) is 0 Å². The highest BCUT2D eigenvalue weighted by Crippen LogP contribution is 2.18. The largest absolute Gasteiger partial charge is 0.379 e. The number of nitrogens with one attached hydrogen (secondary N) is 2. The quantitative estimate of drug-likeness (QED) is 0.738. The molecular formula is C12H19F2N3O. The lowest BCUT2D eigenvalue weighted by atomic mass is 10.2. The van der Waals surface area contributed by atoms with E-state index in [1.807, 2.05) is 13.8 Å². The molecule has 0 aliphatic carbocycles. The number of hydrogen-bond donors (Lipinski definition) is 2. The second kappa shape index (κ2) is 7.10. The maximum absolute atomic E-state index is 13.4. The number of anilines is 2. The smallest absolute Gasteiger partial charge is 0.168 e. The van der Waals surface area contributed by atoms with Crippen LogP contribution in [0.2, 0.25) is 0 Å². The van der Waals surface area contributed by atoms with E-state index in [-0.39, 0.29) is 11.6 Å². The number of pyridine rings is 1. The first-order chi connectivity index (χ1) is 8.54. The minimum absolute atomic E-state index is 0.0157. The number of aromatic nitrogens is 1. The Morgan fingerprint density at radius 2 is 1.94 bits per heavy atom. The standard InChI is InChI=1S/C12H19F2N3O/c1-8(2)7-18-5-4-16-12-10(14)6-9(13)11(15-3)17-12/h6,8H,4-5,7H2,1-3H3,(H2,15,16,17). The first-order valence-corrected chi connectivity index (χ1v) is 5.90. The summed E-state index contributed by atoms with van der Waals surface area (Å²) in [7, 11) is 1.53. The predicted molar refractivity (Wildman–Crippen MR) is 67.8 cm³/mol. The minimum atomic E-state index is -0.713. The maximum atomic E-state index is 13.4.